The molecule has 6 heteroatoms. The van der Waals surface area contributed by atoms with Gasteiger partial charge in [-0.3, -0.25) is 4.79 Å². The molecule has 3 unspecified atom stereocenters. The van der Waals surface area contributed by atoms with Gasteiger partial charge in [-0.25, -0.2) is 0 Å². The van der Waals surface area contributed by atoms with Gasteiger partial charge in [-0.1, -0.05) is 25.1 Å². The molecule has 1 aliphatic rings. The number of piperidine rings is 1. The zero-order chi connectivity index (χ0) is 17.0. The van der Waals surface area contributed by atoms with Crippen LogP contribution < -0.4 is 10.6 Å². The van der Waals surface area contributed by atoms with Gasteiger partial charge in [0.25, 0.3) is 0 Å². The smallest absolute Gasteiger partial charge is 0.351 e. The van der Waals surface area contributed by atoms with E-state index in [9.17, 15) is 18.0 Å². The molecule has 0 spiro atoms. The van der Waals surface area contributed by atoms with Crippen LogP contribution in [0.4, 0.5) is 13.2 Å². The molecule has 1 aromatic rings. The minimum atomic E-state index is -4.40. The number of halogens is 3. The highest BCUT2D eigenvalue weighted by molar-refractivity contribution is 5.84. The van der Waals surface area contributed by atoms with Crippen LogP contribution in [0.3, 0.4) is 0 Å². The van der Waals surface area contributed by atoms with E-state index in [1.54, 1.807) is 6.07 Å². The van der Waals surface area contributed by atoms with Gasteiger partial charge in [0, 0.05) is 12.1 Å². The highest BCUT2D eigenvalue weighted by Crippen LogP contribution is 2.32. The van der Waals surface area contributed by atoms with Crippen LogP contribution in [0.1, 0.15) is 50.2 Å². The number of carbonyl (C=O) groups is 1. The van der Waals surface area contributed by atoms with Crippen molar-refractivity contribution in [1.29, 1.82) is 0 Å². The molecule has 1 amide bonds. The number of nitrogens with one attached hydrogen (secondary N) is 2. The average molecular weight is 328 g/mol. The predicted octanol–water partition coefficient (Wildman–Crippen LogP) is 3.46. The molecule has 0 aromatic heterocycles. The predicted molar refractivity (Wildman–Crippen MR) is 83.1 cm³/mol. The fourth-order valence-corrected chi connectivity index (χ4v) is 3.03. The second-order valence-corrected chi connectivity index (χ2v) is 6.08. The summed E-state index contributed by atoms with van der Waals surface area (Å²) < 4.78 is 38.6. The van der Waals surface area contributed by atoms with Gasteiger partial charge in [0.1, 0.15) is 0 Å². The van der Waals surface area contributed by atoms with Gasteiger partial charge >= 0.3 is 6.18 Å². The summed E-state index contributed by atoms with van der Waals surface area (Å²) in [5.74, 6) is -0.765. The zero-order valence-electron chi connectivity index (χ0n) is 13.4. The lowest BCUT2D eigenvalue weighted by molar-refractivity contribution is -0.137. The molecule has 2 N–H and O–H groups in total. The van der Waals surface area contributed by atoms with Gasteiger partial charge < -0.3 is 10.6 Å². The second-order valence-electron chi connectivity index (χ2n) is 6.08. The summed E-state index contributed by atoms with van der Waals surface area (Å²) in [6, 6.07) is 5.25. The summed E-state index contributed by atoms with van der Waals surface area (Å²) >= 11 is 0. The molecule has 23 heavy (non-hydrogen) atoms. The van der Waals surface area contributed by atoms with Crippen molar-refractivity contribution in [3.63, 3.8) is 0 Å². The van der Waals surface area contributed by atoms with Gasteiger partial charge in [-0.05, 0) is 44.4 Å². The fraction of sp³-hybridized carbons (Fsp3) is 0.588. The number of hydrogen-bond donors (Lipinski definition) is 2. The van der Waals surface area contributed by atoms with E-state index in [2.05, 4.69) is 10.6 Å². The third kappa shape index (κ3) is 4.47. The molecule has 1 fully saturated rings. The fourth-order valence-electron chi connectivity index (χ4n) is 3.03. The Bertz CT molecular complexity index is 545. The molecular weight excluding hydrogens is 305 g/mol. The normalized spacial score (nSPS) is 23.3. The van der Waals surface area contributed by atoms with Crippen LogP contribution in [0, 0.1) is 0 Å². The van der Waals surface area contributed by atoms with Gasteiger partial charge in [-0.15, -0.1) is 0 Å². The highest BCUT2D eigenvalue weighted by Gasteiger charge is 2.32. The van der Waals surface area contributed by atoms with Gasteiger partial charge in [0.05, 0.1) is 11.5 Å². The summed E-state index contributed by atoms with van der Waals surface area (Å²) in [6.07, 6.45) is -2.07. The SMILES string of the molecule is CCC(C(=O)NC1CCCNC1C)c1cccc(C(F)(F)F)c1. The Hall–Kier alpha value is -1.56. The van der Waals surface area contributed by atoms with Crippen molar-refractivity contribution < 1.29 is 18.0 Å². The maximum atomic E-state index is 12.9. The third-order valence-electron chi connectivity index (χ3n) is 4.43. The molecular formula is C17H23F3N2O. The number of rotatable bonds is 4. The van der Waals surface area contributed by atoms with E-state index < -0.39 is 17.7 Å². The lowest BCUT2D eigenvalue weighted by Gasteiger charge is -2.32. The molecule has 0 bridgehead atoms. The Morgan fingerprint density at radius 2 is 2.17 bits per heavy atom. The van der Waals surface area contributed by atoms with Gasteiger partial charge in [0.15, 0.2) is 0 Å². The van der Waals surface area contributed by atoms with E-state index >= 15 is 0 Å². The topological polar surface area (TPSA) is 41.1 Å². The van der Waals surface area contributed by atoms with Crippen LogP contribution in [0.15, 0.2) is 24.3 Å². The first-order valence-electron chi connectivity index (χ1n) is 8.03. The molecule has 1 aliphatic heterocycles. The van der Waals surface area contributed by atoms with Crippen LogP contribution in [0.2, 0.25) is 0 Å². The Balaban J connectivity index is 2.14. The Labute approximate surface area is 134 Å². The Morgan fingerprint density at radius 1 is 1.43 bits per heavy atom. The quantitative estimate of drug-likeness (QED) is 0.889. The Morgan fingerprint density at radius 3 is 2.78 bits per heavy atom. The van der Waals surface area contributed by atoms with Crippen molar-refractivity contribution in [3.05, 3.63) is 35.4 Å². The van der Waals surface area contributed by atoms with E-state index in [0.29, 0.717) is 12.0 Å². The largest absolute Gasteiger partial charge is 0.416 e. The summed E-state index contributed by atoms with van der Waals surface area (Å²) in [7, 11) is 0. The summed E-state index contributed by atoms with van der Waals surface area (Å²) in [5.41, 5.74) is -0.301. The molecule has 3 atom stereocenters. The first-order valence-corrected chi connectivity index (χ1v) is 8.03. The number of hydrogen-bond acceptors (Lipinski definition) is 2. The van der Waals surface area contributed by atoms with E-state index in [1.165, 1.54) is 6.07 Å². The summed E-state index contributed by atoms with van der Waals surface area (Å²) in [5, 5.41) is 6.29. The molecule has 0 saturated carbocycles. The van der Waals surface area contributed by atoms with E-state index in [1.807, 2.05) is 13.8 Å². The van der Waals surface area contributed by atoms with E-state index in [-0.39, 0.29) is 18.0 Å². The van der Waals surface area contributed by atoms with Crippen molar-refractivity contribution in [2.75, 3.05) is 6.54 Å². The van der Waals surface area contributed by atoms with Gasteiger partial charge in [0.2, 0.25) is 5.91 Å². The molecule has 1 aromatic carbocycles. The van der Waals surface area contributed by atoms with Crippen molar-refractivity contribution >= 4 is 5.91 Å². The molecule has 128 valence electrons. The maximum absolute atomic E-state index is 12.9. The molecule has 1 saturated heterocycles. The van der Waals surface area contributed by atoms with Crippen LogP contribution in [-0.4, -0.2) is 24.5 Å². The van der Waals surface area contributed by atoms with Crippen molar-refractivity contribution in [3.8, 4) is 0 Å². The van der Waals surface area contributed by atoms with Crippen LogP contribution in [0.5, 0.6) is 0 Å². The van der Waals surface area contributed by atoms with E-state index in [0.717, 1.165) is 31.5 Å². The Kier molecular flexibility index (Phi) is 5.68. The van der Waals surface area contributed by atoms with Crippen molar-refractivity contribution in [2.45, 2.75) is 57.3 Å². The highest BCUT2D eigenvalue weighted by atomic mass is 19.4. The standard InChI is InChI=1S/C17H23F3N2O/c1-3-14(12-6-4-7-13(10-12)17(18,19)20)16(23)22-15-8-5-9-21-11(15)2/h4,6-7,10-11,14-15,21H,3,5,8-9H2,1-2H3,(H,22,23). The monoisotopic (exact) mass is 328 g/mol. The van der Waals surface area contributed by atoms with Crippen molar-refractivity contribution in [1.82, 2.24) is 10.6 Å². The minimum Gasteiger partial charge on any atom is -0.351 e. The first-order chi connectivity index (χ1) is 10.8. The number of amides is 1. The average Bonchev–Trinajstić information content (AvgIpc) is 2.50. The lowest BCUT2D eigenvalue weighted by Crippen LogP contribution is -2.52. The lowest BCUT2D eigenvalue weighted by atomic mass is 9.92. The van der Waals surface area contributed by atoms with E-state index in [4.69, 9.17) is 0 Å². The number of alkyl halides is 3. The minimum absolute atomic E-state index is 0.0242. The molecule has 3 nitrogen and oxygen atoms in total. The summed E-state index contributed by atoms with van der Waals surface area (Å²) in [6.45, 7) is 4.75. The number of benzene rings is 1. The van der Waals surface area contributed by atoms with Crippen LogP contribution in [-0.2, 0) is 11.0 Å². The molecule has 0 radical (unpaired) electrons. The summed E-state index contributed by atoms with van der Waals surface area (Å²) in [4.78, 5) is 12.5. The first kappa shape index (κ1) is 17.8. The number of carbonyl (C=O) groups excluding carboxylic acids is 1. The maximum Gasteiger partial charge on any atom is 0.416 e. The second kappa shape index (κ2) is 7.34. The molecule has 1 heterocycles. The molecule has 0 aliphatic carbocycles. The zero-order valence-corrected chi connectivity index (χ0v) is 13.4. The third-order valence-corrected chi connectivity index (χ3v) is 4.43. The van der Waals surface area contributed by atoms with Crippen LogP contribution in [0.25, 0.3) is 0 Å². The van der Waals surface area contributed by atoms with Crippen molar-refractivity contribution in [2.24, 2.45) is 0 Å². The molecule has 2 rings (SSSR count). The van der Waals surface area contributed by atoms with Gasteiger partial charge in [-0.2, -0.15) is 13.2 Å². The van der Waals surface area contributed by atoms with Crippen LogP contribution >= 0.6 is 0 Å².